The van der Waals surface area contributed by atoms with Gasteiger partial charge in [0.2, 0.25) is 0 Å². The van der Waals surface area contributed by atoms with Crippen molar-refractivity contribution in [2.75, 3.05) is 14.2 Å². The van der Waals surface area contributed by atoms with Crippen LogP contribution in [0.15, 0.2) is 0 Å². The number of methoxy groups -OCH3 is 2. The summed E-state index contributed by atoms with van der Waals surface area (Å²) in [6.07, 6.45) is 7.59. The van der Waals surface area contributed by atoms with Gasteiger partial charge < -0.3 is 14.6 Å². The fourth-order valence-corrected chi connectivity index (χ4v) is 3.29. The van der Waals surface area contributed by atoms with Crippen molar-refractivity contribution >= 4 is 0 Å². The fraction of sp³-hybridized carbons (Fsp3) is 0.684. The van der Waals surface area contributed by atoms with E-state index in [0.717, 1.165) is 36.8 Å². The molecule has 0 spiro atoms. The number of phenols is 1. The Hall–Kier alpha value is -1.22. The molecule has 0 aliphatic carbocycles. The second kappa shape index (κ2) is 9.73. The van der Waals surface area contributed by atoms with Crippen molar-refractivity contribution in [1.29, 1.82) is 0 Å². The summed E-state index contributed by atoms with van der Waals surface area (Å²) in [6, 6.07) is 0. The zero-order valence-electron chi connectivity index (χ0n) is 14.9. The Kier molecular flexibility index (Phi) is 8.32. The minimum atomic E-state index is 0.320. The second-order valence-corrected chi connectivity index (χ2v) is 5.75. The van der Waals surface area contributed by atoms with Gasteiger partial charge in [0.1, 0.15) is 0 Å². The molecule has 0 heterocycles. The highest BCUT2D eigenvalue weighted by atomic mass is 16.5. The summed E-state index contributed by atoms with van der Waals surface area (Å²) >= 11 is 0. The molecule has 0 fully saturated rings. The van der Waals surface area contributed by atoms with Gasteiger partial charge in [-0.2, -0.15) is 0 Å². The van der Waals surface area contributed by atoms with Crippen molar-refractivity contribution in [2.24, 2.45) is 0 Å². The van der Waals surface area contributed by atoms with Crippen molar-refractivity contribution in [2.45, 2.75) is 72.3 Å². The van der Waals surface area contributed by atoms with Crippen molar-refractivity contribution in [3.8, 4) is 11.5 Å². The summed E-state index contributed by atoms with van der Waals surface area (Å²) in [5, 5.41) is 10.7. The first-order valence-corrected chi connectivity index (χ1v) is 8.57. The number of hydrogen-bond donors (Lipinski definition) is 1. The highest BCUT2D eigenvalue weighted by Crippen LogP contribution is 2.41. The third kappa shape index (κ3) is 4.16. The third-order valence-electron chi connectivity index (χ3n) is 4.35. The third-order valence-corrected chi connectivity index (χ3v) is 4.35. The molecule has 0 saturated heterocycles. The zero-order valence-corrected chi connectivity index (χ0v) is 14.9. The monoisotopic (exact) mass is 308 g/mol. The summed E-state index contributed by atoms with van der Waals surface area (Å²) in [6.45, 7) is 7.01. The van der Waals surface area contributed by atoms with Crippen LogP contribution >= 0.6 is 0 Å². The molecule has 22 heavy (non-hydrogen) atoms. The van der Waals surface area contributed by atoms with Gasteiger partial charge in [0.25, 0.3) is 0 Å². The van der Waals surface area contributed by atoms with Gasteiger partial charge in [0.05, 0.1) is 13.7 Å². The Morgan fingerprint density at radius 1 is 0.818 bits per heavy atom. The van der Waals surface area contributed by atoms with Crippen LogP contribution in [0.4, 0.5) is 0 Å². The van der Waals surface area contributed by atoms with Gasteiger partial charge in [-0.3, -0.25) is 0 Å². The van der Waals surface area contributed by atoms with Gasteiger partial charge in [-0.05, 0) is 36.8 Å². The molecule has 0 atom stereocenters. The van der Waals surface area contributed by atoms with Crippen LogP contribution in [0.1, 0.15) is 68.7 Å². The molecule has 0 amide bonds. The van der Waals surface area contributed by atoms with E-state index in [2.05, 4.69) is 20.8 Å². The lowest BCUT2D eigenvalue weighted by molar-refractivity contribution is 0.180. The van der Waals surface area contributed by atoms with Gasteiger partial charge in [0.15, 0.2) is 11.5 Å². The highest BCUT2D eigenvalue weighted by molar-refractivity contribution is 5.59. The molecule has 0 bridgehead atoms. The first kappa shape index (κ1) is 18.8. The van der Waals surface area contributed by atoms with Crippen LogP contribution in [-0.4, -0.2) is 19.3 Å². The number of ether oxygens (including phenoxy) is 2. The number of rotatable bonds is 10. The Morgan fingerprint density at radius 3 is 1.95 bits per heavy atom. The molecule has 3 nitrogen and oxygen atoms in total. The molecule has 1 aromatic rings. The van der Waals surface area contributed by atoms with E-state index >= 15 is 0 Å². The van der Waals surface area contributed by atoms with E-state index in [-0.39, 0.29) is 0 Å². The lowest BCUT2D eigenvalue weighted by Gasteiger charge is -2.22. The highest BCUT2D eigenvalue weighted by Gasteiger charge is 2.22. The minimum absolute atomic E-state index is 0.320. The molecule has 1 aromatic carbocycles. The molecule has 3 heteroatoms. The first-order chi connectivity index (χ1) is 10.7. The Morgan fingerprint density at radius 2 is 1.45 bits per heavy atom. The predicted octanol–water partition coefficient (Wildman–Crippen LogP) is 4.79. The van der Waals surface area contributed by atoms with Crippen LogP contribution in [-0.2, 0) is 30.6 Å². The van der Waals surface area contributed by atoms with E-state index in [1.165, 1.54) is 30.4 Å². The van der Waals surface area contributed by atoms with Crippen LogP contribution in [0, 0.1) is 0 Å². The van der Waals surface area contributed by atoms with Crippen molar-refractivity contribution in [1.82, 2.24) is 0 Å². The van der Waals surface area contributed by atoms with Gasteiger partial charge in [-0.15, -0.1) is 0 Å². The number of hydrogen-bond acceptors (Lipinski definition) is 3. The molecule has 1 N–H and O–H groups in total. The maximum absolute atomic E-state index is 10.7. The van der Waals surface area contributed by atoms with Crippen molar-refractivity contribution in [3.63, 3.8) is 0 Å². The van der Waals surface area contributed by atoms with Gasteiger partial charge in [-0.25, -0.2) is 0 Å². The lowest BCUT2D eigenvalue weighted by Crippen LogP contribution is -2.08. The van der Waals surface area contributed by atoms with Crippen LogP contribution in [0.3, 0.4) is 0 Å². The number of aromatic hydroxyl groups is 1. The second-order valence-electron chi connectivity index (χ2n) is 5.75. The average Bonchev–Trinajstić information content (AvgIpc) is 2.53. The molecule has 126 valence electrons. The van der Waals surface area contributed by atoms with Crippen molar-refractivity contribution in [3.05, 3.63) is 22.3 Å². The molecule has 0 aromatic heterocycles. The fourth-order valence-electron chi connectivity index (χ4n) is 3.29. The molecular weight excluding hydrogens is 276 g/mol. The Labute approximate surface area is 135 Å². The molecule has 1 rings (SSSR count). The summed E-state index contributed by atoms with van der Waals surface area (Å²) in [5.41, 5.74) is 4.64. The van der Waals surface area contributed by atoms with Gasteiger partial charge in [-0.1, -0.05) is 40.0 Å². The quantitative estimate of drug-likeness (QED) is 0.631. The van der Waals surface area contributed by atoms with E-state index in [1.54, 1.807) is 14.2 Å². The molecule has 0 unspecified atom stereocenters. The van der Waals surface area contributed by atoms with Gasteiger partial charge >= 0.3 is 0 Å². The number of benzene rings is 1. The normalized spacial score (nSPS) is 11.0. The smallest absolute Gasteiger partial charge is 0.166 e. The summed E-state index contributed by atoms with van der Waals surface area (Å²) in [5.74, 6) is 0.918. The van der Waals surface area contributed by atoms with E-state index < -0.39 is 0 Å². The Bertz CT molecular complexity index is 466. The van der Waals surface area contributed by atoms with Crippen molar-refractivity contribution < 1.29 is 14.6 Å². The van der Waals surface area contributed by atoms with E-state index in [0.29, 0.717) is 18.1 Å². The van der Waals surface area contributed by atoms with E-state index in [9.17, 15) is 5.11 Å². The number of phenolic OH excluding ortho intramolecular Hbond substituents is 1. The standard InChI is InChI=1S/C19H32O3/c1-6-9-10-11-12-16-14(7-2)15(8-3)17(13-21-4)19(22-5)18(16)20/h20H,6-13H2,1-5H3. The topological polar surface area (TPSA) is 38.7 Å². The van der Waals surface area contributed by atoms with E-state index in [4.69, 9.17) is 9.47 Å². The van der Waals surface area contributed by atoms with Crippen LogP contribution in [0.2, 0.25) is 0 Å². The molecule has 0 aliphatic rings. The summed E-state index contributed by atoms with van der Waals surface area (Å²) in [4.78, 5) is 0. The maximum atomic E-state index is 10.7. The predicted molar refractivity (Wildman–Crippen MR) is 92.0 cm³/mol. The molecule has 0 aliphatic heterocycles. The number of unbranched alkanes of at least 4 members (excludes halogenated alkanes) is 3. The minimum Gasteiger partial charge on any atom is -0.504 e. The Balaban J connectivity index is 3.29. The maximum Gasteiger partial charge on any atom is 0.166 e. The summed E-state index contributed by atoms with van der Waals surface area (Å²) in [7, 11) is 3.31. The van der Waals surface area contributed by atoms with E-state index in [1.807, 2.05) is 0 Å². The molecular formula is C19H32O3. The van der Waals surface area contributed by atoms with Crippen LogP contribution < -0.4 is 4.74 Å². The average molecular weight is 308 g/mol. The van der Waals surface area contributed by atoms with Gasteiger partial charge in [0, 0.05) is 18.2 Å². The van der Waals surface area contributed by atoms with Crippen LogP contribution in [0.25, 0.3) is 0 Å². The lowest BCUT2D eigenvalue weighted by atomic mass is 9.88. The van der Waals surface area contributed by atoms with Crippen LogP contribution in [0.5, 0.6) is 11.5 Å². The largest absolute Gasteiger partial charge is 0.504 e. The SMILES string of the molecule is CCCCCCc1c(O)c(OC)c(COC)c(CC)c1CC. The molecule has 0 saturated carbocycles. The first-order valence-electron chi connectivity index (χ1n) is 8.57. The molecule has 0 radical (unpaired) electrons. The summed E-state index contributed by atoms with van der Waals surface area (Å²) < 4.78 is 10.8. The zero-order chi connectivity index (χ0) is 16.5.